The average molecular weight is 375 g/mol. The number of amides is 3. The van der Waals surface area contributed by atoms with Gasteiger partial charge in [-0.2, -0.15) is 0 Å². The zero-order valence-electron chi connectivity index (χ0n) is 11.2. The van der Waals surface area contributed by atoms with Gasteiger partial charge in [-0.15, -0.1) is 0 Å². The Morgan fingerprint density at radius 1 is 1.37 bits per heavy atom. The maximum absolute atomic E-state index is 11.7. The van der Waals surface area contributed by atoms with Gasteiger partial charge in [0.25, 0.3) is 0 Å². The molecule has 0 aliphatic rings. The van der Waals surface area contributed by atoms with Gasteiger partial charge in [-0.25, -0.2) is 4.79 Å². The zero-order valence-corrected chi connectivity index (χ0v) is 13.4. The first kappa shape index (κ1) is 15.7. The van der Waals surface area contributed by atoms with E-state index >= 15 is 0 Å². The van der Waals surface area contributed by atoms with Gasteiger partial charge in [0.1, 0.15) is 6.04 Å². The molecule has 0 radical (unpaired) electrons. The van der Waals surface area contributed by atoms with Crippen LogP contribution in [0.1, 0.15) is 19.4 Å². The second-order valence-corrected chi connectivity index (χ2v) is 5.34. The lowest BCUT2D eigenvalue weighted by Gasteiger charge is -2.15. The fraction of sp³-hybridized carbons (Fsp3) is 0.385. The fourth-order valence-electron chi connectivity index (χ4n) is 1.42. The van der Waals surface area contributed by atoms with Gasteiger partial charge in [0.2, 0.25) is 5.91 Å². The predicted octanol–water partition coefficient (Wildman–Crippen LogP) is 2.25. The molecule has 0 saturated carbocycles. The minimum atomic E-state index is -0.485. The molecule has 0 aromatic heterocycles. The Labute approximate surface area is 126 Å². The van der Waals surface area contributed by atoms with Crippen molar-refractivity contribution in [3.8, 4) is 0 Å². The molecule has 3 amide bonds. The number of rotatable bonds is 4. The number of hydrogen-bond acceptors (Lipinski definition) is 3. The lowest BCUT2D eigenvalue weighted by Crippen LogP contribution is -2.45. The highest BCUT2D eigenvalue weighted by molar-refractivity contribution is 14.1. The Kier molecular flexibility index (Phi) is 6.07. The number of aryl methyl sites for hydroxylation is 1. The van der Waals surface area contributed by atoms with E-state index in [0.29, 0.717) is 6.54 Å². The Morgan fingerprint density at radius 3 is 2.63 bits per heavy atom. The smallest absolute Gasteiger partial charge is 0.321 e. The summed E-state index contributed by atoms with van der Waals surface area (Å²) in [6.07, 6.45) is 0. The fourth-order valence-corrected chi connectivity index (χ4v) is 1.94. The van der Waals surface area contributed by atoms with E-state index in [0.717, 1.165) is 9.26 Å². The highest BCUT2D eigenvalue weighted by Gasteiger charge is 2.15. The maximum Gasteiger partial charge on any atom is 0.321 e. The molecule has 19 heavy (non-hydrogen) atoms. The van der Waals surface area contributed by atoms with Crippen molar-refractivity contribution in [1.82, 2.24) is 10.6 Å². The first-order valence-electron chi connectivity index (χ1n) is 6.05. The molecule has 0 spiro atoms. The van der Waals surface area contributed by atoms with Gasteiger partial charge < -0.3 is 10.6 Å². The summed E-state index contributed by atoms with van der Waals surface area (Å²) in [6, 6.07) is 4.90. The molecule has 0 unspecified atom stereocenters. The summed E-state index contributed by atoms with van der Waals surface area (Å²) in [5.74, 6) is -0.360. The molecule has 1 aromatic rings. The standard InChI is InChI=1S/C13H18IN3O2/c1-4-15-13(19)17-12(18)9(3)16-10-6-5-8(2)11(14)7-10/h5-7,9,16H,4H2,1-3H3,(H2,15,17,18,19)/t9-/m1/s1. The van der Waals surface area contributed by atoms with Gasteiger partial charge in [-0.3, -0.25) is 10.1 Å². The molecular formula is C13H18IN3O2. The van der Waals surface area contributed by atoms with Crippen molar-refractivity contribution >= 4 is 40.2 Å². The van der Waals surface area contributed by atoms with E-state index in [-0.39, 0.29) is 5.91 Å². The topological polar surface area (TPSA) is 70.2 Å². The third kappa shape index (κ3) is 5.06. The summed E-state index contributed by atoms with van der Waals surface area (Å²) in [7, 11) is 0. The predicted molar refractivity (Wildman–Crippen MR) is 84.2 cm³/mol. The second kappa shape index (κ2) is 7.32. The normalized spacial score (nSPS) is 11.6. The number of hydrogen-bond donors (Lipinski definition) is 3. The summed E-state index contributed by atoms with van der Waals surface area (Å²) < 4.78 is 1.12. The third-order valence-electron chi connectivity index (χ3n) is 2.52. The lowest BCUT2D eigenvalue weighted by molar-refractivity contribution is -0.120. The number of carbonyl (C=O) groups excluding carboxylic acids is 2. The molecule has 1 rings (SSSR count). The summed E-state index contributed by atoms with van der Waals surface area (Å²) in [5.41, 5.74) is 2.04. The van der Waals surface area contributed by atoms with Gasteiger partial charge in [-0.05, 0) is 61.1 Å². The first-order valence-corrected chi connectivity index (χ1v) is 7.13. The van der Waals surface area contributed by atoms with Crippen LogP contribution in [0.25, 0.3) is 0 Å². The van der Waals surface area contributed by atoms with Crippen molar-refractivity contribution in [2.45, 2.75) is 26.8 Å². The molecule has 0 aliphatic carbocycles. The largest absolute Gasteiger partial charge is 0.374 e. The summed E-state index contributed by atoms with van der Waals surface area (Å²) in [5, 5.41) is 7.85. The average Bonchev–Trinajstić information content (AvgIpc) is 2.34. The summed E-state index contributed by atoms with van der Waals surface area (Å²) in [4.78, 5) is 23.0. The number of halogens is 1. The van der Waals surface area contributed by atoms with Crippen LogP contribution in [-0.2, 0) is 4.79 Å². The van der Waals surface area contributed by atoms with Crippen LogP contribution >= 0.6 is 22.6 Å². The van der Waals surface area contributed by atoms with E-state index in [2.05, 4.69) is 38.5 Å². The molecule has 1 atom stereocenters. The van der Waals surface area contributed by atoms with Gasteiger partial charge >= 0.3 is 6.03 Å². The van der Waals surface area contributed by atoms with Gasteiger partial charge in [0.15, 0.2) is 0 Å². The SMILES string of the molecule is CCNC(=O)NC(=O)[C@@H](C)Nc1ccc(C)c(I)c1. The van der Waals surface area contributed by atoms with Crippen molar-refractivity contribution < 1.29 is 9.59 Å². The lowest BCUT2D eigenvalue weighted by atomic mass is 10.2. The molecule has 0 saturated heterocycles. The van der Waals surface area contributed by atoms with Gasteiger partial charge in [0.05, 0.1) is 0 Å². The number of anilines is 1. The molecule has 3 N–H and O–H groups in total. The minimum absolute atomic E-state index is 0.360. The number of carbonyl (C=O) groups is 2. The summed E-state index contributed by atoms with van der Waals surface area (Å²) in [6.45, 7) is 6.01. The second-order valence-electron chi connectivity index (χ2n) is 4.18. The van der Waals surface area contributed by atoms with E-state index in [4.69, 9.17) is 0 Å². The van der Waals surface area contributed by atoms with Crippen LogP contribution in [0.5, 0.6) is 0 Å². The van der Waals surface area contributed by atoms with Crippen LogP contribution in [0.15, 0.2) is 18.2 Å². The maximum atomic E-state index is 11.7. The molecule has 6 heteroatoms. The molecule has 0 fully saturated rings. The molecule has 0 aliphatic heterocycles. The van der Waals surface area contributed by atoms with E-state index < -0.39 is 12.1 Å². The van der Waals surface area contributed by atoms with Crippen LogP contribution in [0.3, 0.4) is 0 Å². The number of imide groups is 1. The van der Waals surface area contributed by atoms with E-state index in [1.165, 1.54) is 5.56 Å². The minimum Gasteiger partial charge on any atom is -0.374 e. The van der Waals surface area contributed by atoms with E-state index in [1.807, 2.05) is 25.1 Å². The van der Waals surface area contributed by atoms with E-state index in [1.54, 1.807) is 13.8 Å². The third-order valence-corrected chi connectivity index (χ3v) is 3.68. The van der Waals surface area contributed by atoms with Crippen molar-refractivity contribution in [2.75, 3.05) is 11.9 Å². The highest BCUT2D eigenvalue weighted by atomic mass is 127. The van der Waals surface area contributed by atoms with Crippen molar-refractivity contribution in [2.24, 2.45) is 0 Å². The Bertz CT molecular complexity index is 477. The molecule has 0 bridgehead atoms. The van der Waals surface area contributed by atoms with Gasteiger partial charge in [0, 0.05) is 15.8 Å². The van der Waals surface area contributed by atoms with Crippen LogP contribution in [-0.4, -0.2) is 24.5 Å². The van der Waals surface area contributed by atoms with Gasteiger partial charge in [-0.1, -0.05) is 6.07 Å². The van der Waals surface area contributed by atoms with Crippen molar-refractivity contribution in [3.63, 3.8) is 0 Å². The Morgan fingerprint density at radius 2 is 2.05 bits per heavy atom. The zero-order chi connectivity index (χ0) is 14.4. The summed E-state index contributed by atoms with van der Waals surface area (Å²) >= 11 is 2.24. The number of urea groups is 1. The Hall–Kier alpha value is -1.31. The molecule has 0 heterocycles. The monoisotopic (exact) mass is 375 g/mol. The highest BCUT2D eigenvalue weighted by Crippen LogP contribution is 2.17. The first-order chi connectivity index (χ1) is 8.93. The van der Waals surface area contributed by atoms with Crippen LogP contribution in [0.4, 0.5) is 10.5 Å². The number of nitrogens with one attached hydrogen (secondary N) is 3. The quantitative estimate of drug-likeness (QED) is 0.707. The van der Waals surface area contributed by atoms with E-state index in [9.17, 15) is 9.59 Å². The molecular weight excluding hydrogens is 357 g/mol. The van der Waals surface area contributed by atoms with Crippen LogP contribution < -0.4 is 16.0 Å². The molecule has 1 aromatic carbocycles. The molecule has 5 nitrogen and oxygen atoms in total. The number of benzene rings is 1. The van der Waals surface area contributed by atoms with Crippen molar-refractivity contribution in [1.29, 1.82) is 0 Å². The van der Waals surface area contributed by atoms with Crippen LogP contribution in [0, 0.1) is 10.5 Å². The molecule has 104 valence electrons. The van der Waals surface area contributed by atoms with Crippen LogP contribution in [0.2, 0.25) is 0 Å². The van der Waals surface area contributed by atoms with Crippen molar-refractivity contribution in [3.05, 3.63) is 27.3 Å². The Balaban J connectivity index is 2.58.